The molecule has 8 heteroatoms. The van der Waals surface area contributed by atoms with Crippen molar-refractivity contribution in [2.45, 2.75) is 0 Å². The molecule has 3 heterocycles. The number of carbonyl (C=O) groups is 1. The van der Waals surface area contributed by atoms with Crippen LogP contribution in [0.4, 0.5) is 21.7 Å². The van der Waals surface area contributed by atoms with Gasteiger partial charge in [-0.15, -0.1) is 0 Å². The number of rotatable bonds is 5. The van der Waals surface area contributed by atoms with Crippen LogP contribution in [0.2, 0.25) is 0 Å². The quantitative estimate of drug-likeness (QED) is 0.500. The first kappa shape index (κ1) is 19.7. The number of nitrogens with one attached hydrogen (secondary N) is 2. The third-order valence-corrected chi connectivity index (χ3v) is 4.32. The molecule has 0 saturated heterocycles. The molecule has 0 aliphatic heterocycles. The second kappa shape index (κ2) is 8.80. The first-order valence-corrected chi connectivity index (χ1v) is 9.24. The number of nitrogens with zero attached hydrogens (tertiary/aromatic N) is 4. The van der Waals surface area contributed by atoms with Crippen LogP contribution in [0.5, 0.6) is 0 Å². The summed E-state index contributed by atoms with van der Waals surface area (Å²) in [4.78, 5) is 25.1. The van der Waals surface area contributed by atoms with E-state index in [9.17, 15) is 9.18 Å². The van der Waals surface area contributed by atoms with E-state index in [0.717, 1.165) is 0 Å². The lowest BCUT2D eigenvalue weighted by Gasteiger charge is -2.09. The van der Waals surface area contributed by atoms with Gasteiger partial charge in [0.25, 0.3) is 5.91 Å². The topological polar surface area (TPSA) is 104 Å². The lowest BCUT2D eigenvalue weighted by molar-refractivity contribution is 0.102. The van der Waals surface area contributed by atoms with Gasteiger partial charge in [0.05, 0.1) is 11.9 Å². The molecule has 0 unspecified atom stereocenters. The fraction of sp³-hybridized carbons (Fsp3) is 0. The number of benzene rings is 1. The molecule has 4 rings (SSSR count). The molecule has 1 aromatic carbocycles. The minimum atomic E-state index is -0.378. The minimum absolute atomic E-state index is 0.265. The standard InChI is InChI=1S/C23H15FN6O/c24-20-6-2-1-5-19(20)16-10-18(14-26-13-16)29-23(31)15-8-9-27-22(11-15)30-21-7-3-4-17(12-25)28-21/h1-11,13-14H,(H,29,31)(H,27,28,30). The summed E-state index contributed by atoms with van der Waals surface area (Å²) in [7, 11) is 0. The zero-order valence-corrected chi connectivity index (χ0v) is 16.1. The average molecular weight is 410 g/mol. The summed E-state index contributed by atoms with van der Waals surface area (Å²) < 4.78 is 14.1. The van der Waals surface area contributed by atoms with Crippen molar-refractivity contribution in [1.82, 2.24) is 15.0 Å². The molecule has 0 radical (unpaired) electrons. The zero-order chi connectivity index (χ0) is 21.6. The molecule has 31 heavy (non-hydrogen) atoms. The summed E-state index contributed by atoms with van der Waals surface area (Å²) in [6.45, 7) is 0. The van der Waals surface area contributed by atoms with E-state index in [2.05, 4.69) is 25.6 Å². The molecule has 7 nitrogen and oxygen atoms in total. The summed E-state index contributed by atoms with van der Waals surface area (Å²) >= 11 is 0. The maximum Gasteiger partial charge on any atom is 0.255 e. The Kier molecular flexibility index (Phi) is 5.58. The van der Waals surface area contributed by atoms with Crippen LogP contribution >= 0.6 is 0 Å². The normalized spacial score (nSPS) is 10.2. The van der Waals surface area contributed by atoms with Crippen LogP contribution in [-0.2, 0) is 0 Å². The SMILES string of the molecule is N#Cc1cccc(Nc2cc(C(=O)Nc3cncc(-c4ccccc4F)c3)ccn2)n1. The second-order valence-corrected chi connectivity index (χ2v) is 6.47. The molecular formula is C23H15FN6O. The second-order valence-electron chi connectivity index (χ2n) is 6.47. The number of nitriles is 1. The van der Waals surface area contributed by atoms with Gasteiger partial charge in [-0.2, -0.15) is 5.26 Å². The predicted octanol–water partition coefficient (Wildman–Crippen LogP) is 4.55. The fourth-order valence-corrected chi connectivity index (χ4v) is 2.89. The molecule has 0 atom stereocenters. The molecule has 0 bridgehead atoms. The van der Waals surface area contributed by atoms with Crippen molar-refractivity contribution in [3.8, 4) is 17.2 Å². The Labute approximate surface area is 177 Å². The molecule has 2 N–H and O–H groups in total. The van der Waals surface area contributed by atoms with Gasteiger partial charge in [-0.25, -0.2) is 14.4 Å². The van der Waals surface area contributed by atoms with Crippen molar-refractivity contribution in [2.24, 2.45) is 0 Å². The Bertz CT molecular complexity index is 1300. The van der Waals surface area contributed by atoms with E-state index in [0.29, 0.717) is 34.0 Å². The number of aromatic nitrogens is 3. The zero-order valence-electron chi connectivity index (χ0n) is 16.1. The number of anilines is 3. The number of pyridine rings is 3. The van der Waals surface area contributed by atoms with Gasteiger partial charge in [-0.05, 0) is 36.4 Å². The van der Waals surface area contributed by atoms with E-state index in [1.165, 1.54) is 24.7 Å². The van der Waals surface area contributed by atoms with Crippen LogP contribution in [0.3, 0.4) is 0 Å². The number of amides is 1. The van der Waals surface area contributed by atoms with E-state index in [1.807, 2.05) is 6.07 Å². The Morgan fingerprint density at radius 1 is 1.00 bits per heavy atom. The van der Waals surface area contributed by atoms with E-state index >= 15 is 0 Å². The third kappa shape index (κ3) is 4.68. The lowest BCUT2D eigenvalue weighted by Crippen LogP contribution is -2.12. The Morgan fingerprint density at radius 2 is 1.87 bits per heavy atom. The predicted molar refractivity (Wildman–Crippen MR) is 114 cm³/mol. The molecular weight excluding hydrogens is 395 g/mol. The summed E-state index contributed by atoms with van der Waals surface area (Å²) in [5.41, 5.74) is 2.00. The van der Waals surface area contributed by atoms with Gasteiger partial charge in [0, 0.05) is 29.1 Å². The van der Waals surface area contributed by atoms with Crippen molar-refractivity contribution in [3.63, 3.8) is 0 Å². The van der Waals surface area contributed by atoms with E-state index in [1.54, 1.807) is 54.6 Å². The highest BCUT2D eigenvalue weighted by atomic mass is 19.1. The highest BCUT2D eigenvalue weighted by Crippen LogP contribution is 2.24. The number of halogens is 1. The first-order valence-electron chi connectivity index (χ1n) is 9.24. The molecule has 3 aromatic heterocycles. The Hall–Kier alpha value is -4.64. The lowest BCUT2D eigenvalue weighted by atomic mass is 10.1. The summed E-state index contributed by atoms with van der Waals surface area (Å²) in [5, 5.41) is 14.7. The molecule has 0 aliphatic carbocycles. The monoisotopic (exact) mass is 410 g/mol. The van der Waals surface area contributed by atoms with E-state index in [-0.39, 0.29) is 17.4 Å². The van der Waals surface area contributed by atoms with Crippen molar-refractivity contribution in [3.05, 3.63) is 96.3 Å². The maximum atomic E-state index is 14.1. The maximum absolute atomic E-state index is 14.1. The number of carbonyl (C=O) groups excluding carboxylic acids is 1. The van der Waals surface area contributed by atoms with Crippen LogP contribution in [0.25, 0.3) is 11.1 Å². The van der Waals surface area contributed by atoms with Gasteiger partial charge in [0.2, 0.25) is 0 Å². The molecule has 4 aromatic rings. The molecule has 0 spiro atoms. The van der Waals surface area contributed by atoms with Crippen molar-refractivity contribution >= 4 is 23.2 Å². The Balaban J connectivity index is 1.52. The van der Waals surface area contributed by atoms with E-state index < -0.39 is 0 Å². The highest BCUT2D eigenvalue weighted by Gasteiger charge is 2.11. The van der Waals surface area contributed by atoms with E-state index in [4.69, 9.17) is 5.26 Å². The average Bonchev–Trinajstić information content (AvgIpc) is 2.80. The molecule has 0 aliphatic rings. The van der Waals surface area contributed by atoms with Crippen molar-refractivity contribution < 1.29 is 9.18 Å². The van der Waals surface area contributed by atoms with Gasteiger partial charge >= 0.3 is 0 Å². The van der Waals surface area contributed by atoms with Crippen LogP contribution in [0, 0.1) is 17.1 Å². The third-order valence-electron chi connectivity index (χ3n) is 4.32. The minimum Gasteiger partial charge on any atom is -0.325 e. The summed E-state index contributed by atoms with van der Waals surface area (Å²) in [6, 6.07) is 18.1. The van der Waals surface area contributed by atoms with Gasteiger partial charge in [0.1, 0.15) is 29.2 Å². The molecule has 150 valence electrons. The largest absolute Gasteiger partial charge is 0.325 e. The highest BCUT2D eigenvalue weighted by molar-refractivity contribution is 6.04. The van der Waals surface area contributed by atoms with Crippen LogP contribution in [0.1, 0.15) is 16.1 Å². The summed E-state index contributed by atoms with van der Waals surface area (Å²) in [5.74, 6) is 0.0859. The fourth-order valence-electron chi connectivity index (χ4n) is 2.89. The van der Waals surface area contributed by atoms with Crippen LogP contribution in [-0.4, -0.2) is 20.9 Å². The number of hydrogen-bond acceptors (Lipinski definition) is 6. The summed E-state index contributed by atoms with van der Waals surface area (Å²) in [6.07, 6.45) is 4.50. The van der Waals surface area contributed by atoms with Crippen LogP contribution in [0.15, 0.2) is 79.3 Å². The first-order chi connectivity index (χ1) is 15.1. The smallest absolute Gasteiger partial charge is 0.255 e. The van der Waals surface area contributed by atoms with Crippen molar-refractivity contribution in [1.29, 1.82) is 5.26 Å². The van der Waals surface area contributed by atoms with Gasteiger partial charge < -0.3 is 10.6 Å². The van der Waals surface area contributed by atoms with Gasteiger partial charge in [-0.1, -0.05) is 24.3 Å². The van der Waals surface area contributed by atoms with Crippen LogP contribution < -0.4 is 10.6 Å². The van der Waals surface area contributed by atoms with Crippen molar-refractivity contribution in [2.75, 3.05) is 10.6 Å². The Morgan fingerprint density at radius 3 is 2.71 bits per heavy atom. The van der Waals surface area contributed by atoms with Gasteiger partial charge in [0.15, 0.2) is 0 Å². The molecule has 0 saturated carbocycles. The molecule has 0 fully saturated rings. The number of hydrogen-bond donors (Lipinski definition) is 2. The molecule has 1 amide bonds. The van der Waals surface area contributed by atoms with Gasteiger partial charge in [-0.3, -0.25) is 9.78 Å².